The van der Waals surface area contributed by atoms with Gasteiger partial charge in [0.05, 0.1) is 6.54 Å². The standard InChI is InChI=1S/C24H29N3O2/c28-23(18-26-14-12-22(16-26)19-7-2-1-3-8-19)25-15-20-9-4-5-10-21(20)17-27-13-6-11-24(27)29/h1-5,7-10,22H,6,11-18H2,(H,25,28). The number of carbonyl (C=O) groups is 2. The van der Waals surface area contributed by atoms with Gasteiger partial charge >= 0.3 is 0 Å². The van der Waals surface area contributed by atoms with E-state index < -0.39 is 0 Å². The van der Waals surface area contributed by atoms with Crippen molar-refractivity contribution in [3.8, 4) is 0 Å². The number of nitrogens with one attached hydrogen (secondary N) is 1. The predicted octanol–water partition coefficient (Wildman–Crippen LogP) is 2.91. The highest BCUT2D eigenvalue weighted by atomic mass is 16.2. The fraction of sp³-hybridized carbons (Fsp3) is 0.417. The van der Waals surface area contributed by atoms with Crippen LogP contribution in [-0.4, -0.2) is 47.8 Å². The molecule has 0 aromatic heterocycles. The van der Waals surface area contributed by atoms with E-state index in [1.54, 1.807) is 0 Å². The summed E-state index contributed by atoms with van der Waals surface area (Å²) in [7, 11) is 0. The van der Waals surface area contributed by atoms with Crippen LogP contribution in [0.25, 0.3) is 0 Å². The van der Waals surface area contributed by atoms with Crippen LogP contribution >= 0.6 is 0 Å². The Bertz CT molecular complexity index is 852. The lowest BCUT2D eigenvalue weighted by molar-refractivity contribution is -0.128. The first-order chi connectivity index (χ1) is 14.2. The van der Waals surface area contributed by atoms with E-state index in [2.05, 4.69) is 40.5 Å². The molecule has 1 unspecified atom stereocenters. The zero-order chi connectivity index (χ0) is 20.1. The molecule has 0 spiro atoms. The summed E-state index contributed by atoms with van der Waals surface area (Å²) < 4.78 is 0. The van der Waals surface area contributed by atoms with Gasteiger partial charge in [0.1, 0.15) is 0 Å². The number of carbonyl (C=O) groups excluding carboxylic acids is 2. The number of rotatable bonds is 7. The van der Waals surface area contributed by atoms with E-state index in [1.165, 1.54) is 5.56 Å². The lowest BCUT2D eigenvalue weighted by Crippen LogP contribution is -2.36. The molecule has 0 aliphatic carbocycles. The van der Waals surface area contributed by atoms with E-state index in [1.807, 2.05) is 29.2 Å². The molecule has 1 N–H and O–H groups in total. The molecule has 2 aromatic rings. The molecule has 152 valence electrons. The van der Waals surface area contributed by atoms with Crippen LogP contribution < -0.4 is 5.32 Å². The highest BCUT2D eigenvalue weighted by Gasteiger charge is 2.25. The molecular formula is C24H29N3O2. The third-order valence-corrected chi connectivity index (χ3v) is 6.04. The first-order valence-electron chi connectivity index (χ1n) is 10.6. The third-order valence-electron chi connectivity index (χ3n) is 6.04. The van der Waals surface area contributed by atoms with E-state index in [9.17, 15) is 9.59 Å². The summed E-state index contributed by atoms with van der Waals surface area (Å²) >= 11 is 0. The van der Waals surface area contributed by atoms with Crippen LogP contribution in [0.5, 0.6) is 0 Å². The SMILES string of the molecule is O=C(CN1CCC(c2ccccc2)C1)NCc1ccccc1CN1CCCC1=O. The Morgan fingerprint density at radius 2 is 1.76 bits per heavy atom. The zero-order valence-corrected chi connectivity index (χ0v) is 16.8. The van der Waals surface area contributed by atoms with Gasteiger partial charge in [0.2, 0.25) is 11.8 Å². The molecule has 2 heterocycles. The van der Waals surface area contributed by atoms with Gasteiger partial charge in [-0.05, 0) is 42.0 Å². The van der Waals surface area contributed by atoms with Crippen molar-refractivity contribution in [3.05, 3.63) is 71.3 Å². The van der Waals surface area contributed by atoms with Gasteiger partial charge in [-0.15, -0.1) is 0 Å². The fourth-order valence-electron chi connectivity index (χ4n) is 4.39. The average molecular weight is 392 g/mol. The largest absolute Gasteiger partial charge is 0.351 e. The van der Waals surface area contributed by atoms with Crippen LogP contribution in [-0.2, 0) is 22.7 Å². The maximum Gasteiger partial charge on any atom is 0.234 e. The van der Waals surface area contributed by atoms with E-state index >= 15 is 0 Å². The summed E-state index contributed by atoms with van der Waals surface area (Å²) in [5.41, 5.74) is 3.57. The minimum absolute atomic E-state index is 0.0609. The van der Waals surface area contributed by atoms with E-state index in [-0.39, 0.29) is 11.8 Å². The summed E-state index contributed by atoms with van der Waals surface area (Å²) in [6.07, 6.45) is 2.69. The van der Waals surface area contributed by atoms with Gasteiger partial charge in [0.15, 0.2) is 0 Å². The molecule has 0 saturated carbocycles. The highest BCUT2D eigenvalue weighted by molar-refractivity contribution is 5.78. The molecule has 2 aliphatic heterocycles. The van der Waals surface area contributed by atoms with Crippen molar-refractivity contribution in [1.82, 2.24) is 15.1 Å². The Morgan fingerprint density at radius 1 is 1.00 bits per heavy atom. The number of nitrogens with zero attached hydrogens (tertiary/aromatic N) is 2. The Hall–Kier alpha value is -2.66. The van der Waals surface area contributed by atoms with Crippen LogP contribution in [0, 0.1) is 0 Å². The van der Waals surface area contributed by atoms with Gasteiger partial charge in [-0.1, -0.05) is 54.6 Å². The van der Waals surface area contributed by atoms with Gasteiger partial charge in [0.25, 0.3) is 0 Å². The lowest BCUT2D eigenvalue weighted by atomic mass is 9.99. The summed E-state index contributed by atoms with van der Waals surface area (Å²) in [6.45, 7) is 4.31. The number of amides is 2. The molecule has 5 heteroatoms. The first kappa shape index (κ1) is 19.6. The molecule has 29 heavy (non-hydrogen) atoms. The molecular weight excluding hydrogens is 362 g/mol. The second kappa shape index (κ2) is 9.23. The van der Waals surface area contributed by atoms with Crippen molar-refractivity contribution in [1.29, 1.82) is 0 Å². The zero-order valence-electron chi connectivity index (χ0n) is 16.8. The van der Waals surface area contributed by atoms with E-state index in [0.29, 0.717) is 32.0 Å². The van der Waals surface area contributed by atoms with Gasteiger partial charge < -0.3 is 10.2 Å². The van der Waals surface area contributed by atoms with Crippen LogP contribution in [0.15, 0.2) is 54.6 Å². The highest BCUT2D eigenvalue weighted by Crippen LogP contribution is 2.26. The molecule has 5 nitrogen and oxygen atoms in total. The van der Waals surface area contributed by atoms with Crippen LogP contribution in [0.4, 0.5) is 0 Å². The van der Waals surface area contributed by atoms with Gasteiger partial charge in [-0.2, -0.15) is 0 Å². The number of likely N-dealkylation sites (tertiary alicyclic amines) is 2. The van der Waals surface area contributed by atoms with Crippen molar-refractivity contribution in [3.63, 3.8) is 0 Å². The second-order valence-corrected chi connectivity index (χ2v) is 8.10. The molecule has 2 fully saturated rings. The quantitative estimate of drug-likeness (QED) is 0.790. The molecule has 2 aliphatic rings. The topological polar surface area (TPSA) is 52.7 Å². The van der Waals surface area contributed by atoms with Gasteiger partial charge in [-0.3, -0.25) is 14.5 Å². The molecule has 0 radical (unpaired) electrons. The Kier molecular flexibility index (Phi) is 6.25. The van der Waals surface area contributed by atoms with Crippen molar-refractivity contribution in [2.75, 3.05) is 26.2 Å². The van der Waals surface area contributed by atoms with Crippen molar-refractivity contribution < 1.29 is 9.59 Å². The Balaban J connectivity index is 1.27. The first-order valence-corrected chi connectivity index (χ1v) is 10.6. The van der Waals surface area contributed by atoms with Gasteiger partial charge in [0, 0.05) is 32.6 Å². The maximum atomic E-state index is 12.5. The third kappa shape index (κ3) is 5.04. The number of hydrogen-bond acceptors (Lipinski definition) is 3. The Morgan fingerprint density at radius 3 is 2.52 bits per heavy atom. The monoisotopic (exact) mass is 391 g/mol. The minimum Gasteiger partial charge on any atom is -0.351 e. The number of benzene rings is 2. The summed E-state index contributed by atoms with van der Waals surface area (Å²) in [5, 5.41) is 3.07. The average Bonchev–Trinajstić information content (AvgIpc) is 3.37. The maximum absolute atomic E-state index is 12.5. The Labute approximate surface area is 172 Å². The minimum atomic E-state index is 0.0609. The molecule has 0 bridgehead atoms. The molecule has 2 amide bonds. The van der Waals surface area contributed by atoms with Gasteiger partial charge in [-0.25, -0.2) is 0 Å². The van der Waals surface area contributed by atoms with Crippen LogP contribution in [0.3, 0.4) is 0 Å². The molecule has 4 rings (SSSR count). The summed E-state index contributed by atoms with van der Waals surface area (Å²) in [6, 6.07) is 18.6. The van der Waals surface area contributed by atoms with Crippen molar-refractivity contribution in [2.45, 2.75) is 38.3 Å². The van der Waals surface area contributed by atoms with E-state index in [4.69, 9.17) is 0 Å². The predicted molar refractivity (Wildman–Crippen MR) is 113 cm³/mol. The second-order valence-electron chi connectivity index (χ2n) is 8.10. The fourth-order valence-corrected chi connectivity index (χ4v) is 4.39. The smallest absolute Gasteiger partial charge is 0.234 e. The normalized spacial score (nSPS) is 19.7. The molecule has 1 atom stereocenters. The molecule has 2 aromatic carbocycles. The lowest BCUT2D eigenvalue weighted by Gasteiger charge is -2.19. The van der Waals surface area contributed by atoms with Crippen molar-refractivity contribution in [2.24, 2.45) is 0 Å². The molecule has 2 saturated heterocycles. The number of hydrogen-bond donors (Lipinski definition) is 1. The summed E-state index contributed by atoms with van der Waals surface area (Å²) in [4.78, 5) is 28.6. The summed E-state index contributed by atoms with van der Waals surface area (Å²) in [5.74, 6) is 0.805. The van der Waals surface area contributed by atoms with E-state index in [0.717, 1.165) is 43.6 Å². The van der Waals surface area contributed by atoms with Crippen LogP contribution in [0.1, 0.15) is 41.9 Å². The van der Waals surface area contributed by atoms with Crippen molar-refractivity contribution >= 4 is 11.8 Å². The van der Waals surface area contributed by atoms with Crippen LogP contribution in [0.2, 0.25) is 0 Å².